The summed E-state index contributed by atoms with van der Waals surface area (Å²) in [5, 5.41) is 17.7. The number of likely N-dealkylation sites (N-methyl/N-ethyl adjacent to an activating group) is 1. The summed E-state index contributed by atoms with van der Waals surface area (Å²) in [6.45, 7) is 2.38. The Morgan fingerprint density at radius 2 is 2.07 bits per heavy atom. The Kier molecular flexibility index (Phi) is 3.52. The summed E-state index contributed by atoms with van der Waals surface area (Å²) in [6.07, 6.45) is -0.574. The Balaban J connectivity index is 2.34. The quantitative estimate of drug-likeness (QED) is 0.662. The summed E-state index contributed by atoms with van der Waals surface area (Å²) in [6, 6.07) is -0.228. The number of carbonyl (C=O) groups is 2. The molecule has 0 aromatic rings. The lowest BCUT2D eigenvalue weighted by Crippen LogP contribution is -2.57. The van der Waals surface area contributed by atoms with Crippen LogP contribution in [0, 0.1) is 5.92 Å². The normalized spacial score (nSPS) is 18.2. The minimum absolute atomic E-state index is 0.228. The van der Waals surface area contributed by atoms with Crippen LogP contribution in [0.4, 0.5) is 4.79 Å². The number of carboxylic acids is 1. The maximum absolute atomic E-state index is 11.6. The minimum atomic E-state index is -0.864. The number of aliphatic hydroxyl groups is 1. The van der Waals surface area contributed by atoms with Crippen molar-refractivity contribution in [3.8, 4) is 0 Å². The molecule has 2 N–H and O–H groups in total. The lowest BCUT2D eigenvalue weighted by atomic mass is 10.0. The van der Waals surface area contributed by atoms with Gasteiger partial charge in [-0.1, -0.05) is 0 Å². The third-order valence-corrected chi connectivity index (χ3v) is 2.37. The van der Waals surface area contributed by atoms with Crippen molar-refractivity contribution in [3.05, 3.63) is 0 Å². The van der Waals surface area contributed by atoms with Gasteiger partial charge in [-0.2, -0.15) is 0 Å². The third kappa shape index (κ3) is 2.82. The molecule has 15 heavy (non-hydrogen) atoms. The Bertz CT molecular complexity index is 261. The molecular weight excluding hydrogens is 200 g/mol. The Hall–Kier alpha value is -1.30. The molecule has 0 bridgehead atoms. The van der Waals surface area contributed by atoms with Crippen LogP contribution in [0.25, 0.3) is 0 Å². The van der Waals surface area contributed by atoms with Gasteiger partial charge >= 0.3 is 12.0 Å². The molecular formula is C9H16N2O4. The second kappa shape index (κ2) is 4.48. The number of aliphatic hydroxyl groups excluding tert-OH is 1. The summed E-state index contributed by atoms with van der Waals surface area (Å²) in [5.41, 5.74) is 0. The molecule has 0 saturated carbocycles. The third-order valence-electron chi connectivity index (χ3n) is 2.37. The molecule has 1 atom stereocenters. The van der Waals surface area contributed by atoms with Gasteiger partial charge in [0.2, 0.25) is 0 Å². The van der Waals surface area contributed by atoms with Crippen molar-refractivity contribution in [2.75, 3.05) is 26.7 Å². The van der Waals surface area contributed by atoms with E-state index in [0.717, 1.165) is 0 Å². The molecule has 6 heteroatoms. The van der Waals surface area contributed by atoms with Gasteiger partial charge in [0.25, 0.3) is 0 Å². The second-order valence-electron chi connectivity index (χ2n) is 3.95. The van der Waals surface area contributed by atoms with Gasteiger partial charge < -0.3 is 20.0 Å². The predicted octanol–water partition coefficient (Wildman–Crippen LogP) is -0.565. The highest BCUT2D eigenvalue weighted by Crippen LogP contribution is 2.17. The fourth-order valence-electron chi connectivity index (χ4n) is 1.51. The van der Waals surface area contributed by atoms with E-state index in [1.54, 1.807) is 14.0 Å². The van der Waals surface area contributed by atoms with Gasteiger partial charge in [0, 0.05) is 26.7 Å². The van der Waals surface area contributed by atoms with Crippen LogP contribution in [-0.2, 0) is 4.79 Å². The summed E-state index contributed by atoms with van der Waals surface area (Å²) in [7, 11) is 1.59. The first-order chi connectivity index (χ1) is 6.91. The molecule has 1 heterocycles. The van der Waals surface area contributed by atoms with E-state index in [2.05, 4.69) is 0 Å². The highest BCUT2D eigenvalue weighted by Gasteiger charge is 2.36. The molecule has 1 saturated heterocycles. The van der Waals surface area contributed by atoms with E-state index in [4.69, 9.17) is 10.2 Å². The van der Waals surface area contributed by atoms with Gasteiger partial charge in [-0.3, -0.25) is 4.79 Å². The number of rotatable bonds is 3. The predicted molar refractivity (Wildman–Crippen MR) is 52.4 cm³/mol. The van der Waals surface area contributed by atoms with E-state index in [-0.39, 0.29) is 25.7 Å². The van der Waals surface area contributed by atoms with Gasteiger partial charge in [0.15, 0.2) is 0 Å². The molecule has 86 valence electrons. The van der Waals surface area contributed by atoms with E-state index in [0.29, 0.717) is 0 Å². The molecule has 2 amide bonds. The standard InChI is InChI=1S/C9H16N2O4/c1-6(12)3-10(2)9(15)11-4-7(5-11)8(13)14/h6-7,12H,3-5H2,1-2H3,(H,13,14). The Labute approximate surface area is 88.1 Å². The number of amides is 2. The van der Waals surface area contributed by atoms with E-state index in [1.807, 2.05) is 0 Å². The van der Waals surface area contributed by atoms with E-state index in [1.165, 1.54) is 9.80 Å². The first-order valence-corrected chi connectivity index (χ1v) is 4.82. The smallest absolute Gasteiger partial charge is 0.319 e. The number of nitrogens with zero attached hydrogens (tertiary/aromatic N) is 2. The maximum Gasteiger partial charge on any atom is 0.319 e. The number of carbonyl (C=O) groups excluding carboxylic acids is 1. The number of hydrogen-bond acceptors (Lipinski definition) is 3. The number of urea groups is 1. The van der Waals surface area contributed by atoms with Crippen LogP contribution >= 0.6 is 0 Å². The van der Waals surface area contributed by atoms with Gasteiger partial charge in [0.1, 0.15) is 0 Å². The lowest BCUT2D eigenvalue weighted by molar-refractivity contribution is -0.146. The average molecular weight is 216 g/mol. The van der Waals surface area contributed by atoms with Crippen molar-refractivity contribution in [2.24, 2.45) is 5.92 Å². The zero-order valence-corrected chi connectivity index (χ0v) is 8.88. The van der Waals surface area contributed by atoms with Crippen LogP contribution in [0.2, 0.25) is 0 Å². The molecule has 0 aliphatic carbocycles. The fraction of sp³-hybridized carbons (Fsp3) is 0.778. The topological polar surface area (TPSA) is 81.1 Å². The number of aliphatic carboxylic acids is 1. The van der Waals surface area contributed by atoms with Crippen LogP contribution in [0.3, 0.4) is 0 Å². The van der Waals surface area contributed by atoms with Gasteiger partial charge in [-0.15, -0.1) is 0 Å². The molecule has 0 spiro atoms. The summed E-state index contributed by atoms with van der Waals surface area (Å²) < 4.78 is 0. The number of hydrogen-bond donors (Lipinski definition) is 2. The van der Waals surface area contributed by atoms with Crippen LogP contribution < -0.4 is 0 Å². The summed E-state index contributed by atoms with van der Waals surface area (Å²) >= 11 is 0. The average Bonchev–Trinajstić information content (AvgIpc) is 1.98. The van der Waals surface area contributed by atoms with Gasteiger partial charge in [0.05, 0.1) is 12.0 Å². The molecule has 0 radical (unpaired) electrons. The first kappa shape index (κ1) is 11.8. The van der Waals surface area contributed by atoms with Crippen molar-refractivity contribution in [1.82, 2.24) is 9.80 Å². The zero-order chi connectivity index (χ0) is 11.6. The van der Waals surface area contributed by atoms with Crippen molar-refractivity contribution in [3.63, 3.8) is 0 Å². The van der Waals surface area contributed by atoms with Crippen LogP contribution in [0.15, 0.2) is 0 Å². The van der Waals surface area contributed by atoms with Crippen molar-refractivity contribution in [2.45, 2.75) is 13.0 Å². The van der Waals surface area contributed by atoms with Gasteiger partial charge in [-0.05, 0) is 6.92 Å². The highest BCUT2D eigenvalue weighted by molar-refractivity contribution is 5.79. The molecule has 6 nitrogen and oxygen atoms in total. The van der Waals surface area contributed by atoms with E-state index in [9.17, 15) is 9.59 Å². The zero-order valence-electron chi connectivity index (χ0n) is 8.88. The molecule has 0 aromatic heterocycles. The van der Waals surface area contributed by atoms with Crippen molar-refractivity contribution >= 4 is 12.0 Å². The highest BCUT2D eigenvalue weighted by atomic mass is 16.4. The van der Waals surface area contributed by atoms with Crippen LogP contribution in [-0.4, -0.2) is 64.8 Å². The molecule has 0 aromatic carbocycles. The fourth-order valence-corrected chi connectivity index (χ4v) is 1.51. The maximum atomic E-state index is 11.6. The van der Waals surface area contributed by atoms with Crippen molar-refractivity contribution < 1.29 is 19.8 Å². The van der Waals surface area contributed by atoms with Gasteiger partial charge in [-0.25, -0.2) is 4.79 Å². The lowest BCUT2D eigenvalue weighted by Gasteiger charge is -2.39. The number of likely N-dealkylation sites (tertiary alicyclic amines) is 1. The van der Waals surface area contributed by atoms with Crippen LogP contribution in [0.1, 0.15) is 6.92 Å². The number of carboxylic acid groups (broad SMARTS) is 1. The molecule has 1 rings (SSSR count). The first-order valence-electron chi connectivity index (χ1n) is 4.82. The van der Waals surface area contributed by atoms with E-state index < -0.39 is 18.0 Å². The summed E-state index contributed by atoms with van der Waals surface area (Å²) in [5.74, 6) is -1.30. The van der Waals surface area contributed by atoms with Crippen molar-refractivity contribution in [1.29, 1.82) is 0 Å². The summed E-state index contributed by atoms with van der Waals surface area (Å²) in [4.78, 5) is 24.9. The SMILES string of the molecule is CC(O)CN(C)C(=O)N1CC(C(=O)O)C1. The molecule has 1 unspecified atom stereocenters. The molecule has 1 aliphatic rings. The Morgan fingerprint density at radius 3 is 2.47 bits per heavy atom. The molecule has 1 fully saturated rings. The van der Waals surface area contributed by atoms with Crippen LogP contribution in [0.5, 0.6) is 0 Å². The monoisotopic (exact) mass is 216 g/mol. The Morgan fingerprint density at radius 1 is 1.53 bits per heavy atom. The second-order valence-corrected chi connectivity index (χ2v) is 3.95. The largest absolute Gasteiger partial charge is 0.481 e. The van der Waals surface area contributed by atoms with E-state index >= 15 is 0 Å². The minimum Gasteiger partial charge on any atom is -0.481 e. The molecule has 1 aliphatic heterocycles.